The predicted molar refractivity (Wildman–Crippen MR) is 83.5 cm³/mol. The van der Waals surface area contributed by atoms with E-state index in [1.54, 1.807) is 26.0 Å². The van der Waals surface area contributed by atoms with Crippen LogP contribution in [0.25, 0.3) is 0 Å². The van der Waals surface area contributed by atoms with Gasteiger partial charge in [-0.15, -0.1) is 0 Å². The Balaban J connectivity index is 1.71. The lowest BCUT2D eigenvalue weighted by molar-refractivity contribution is -0.00300. The van der Waals surface area contributed by atoms with Crippen LogP contribution in [0.15, 0.2) is 28.8 Å². The molecule has 1 fully saturated rings. The molecule has 2 heterocycles. The van der Waals surface area contributed by atoms with Crippen molar-refractivity contribution in [2.24, 2.45) is 0 Å². The molecule has 2 unspecified atom stereocenters. The Labute approximate surface area is 138 Å². The van der Waals surface area contributed by atoms with E-state index in [9.17, 15) is 9.18 Å². The van der Waals surface area contributed by atoms with E-state index < -0.39 is 0 Å². The van der Waals surface area contributed by atoms with E-state index >= 15 is 0 Å². The molecule has 0 aliphatic carbocycles. The molecule has 0 bridgehead atoms. The minimum atomic E-state index is -0.365. The summed E-state index contributed by atoms with van der Waals surface area (Å²) < 4.78 is 29.6. The second-order valence-electron chi connectivity index (χ2n) is 5.76. The largest absolute Gasteiger partial charge is 0.488 e. The van der Waals surface area contributed by atoms with Gasteiger partial charge in [-0.2, -0.15) is 0 Å². The Hall–Kier alpha value is -2.41. The average molecular weight is 334 g/mol. The second-order valence-corrected chi connectivity index (χ2v) is 5.76. The Kier molecular flexibility index (Phi) is 4.80. The fourth-order valence-electron chi connectivity index (χ4n) is 2.76. The highest BCUT2D eigenvalue weighted by Gasteiger charge is 2.30. The van der Waals surface area contributed by atoms with Crippen LogP contribution in [0, 0.1) is 19.7 Å². The lowest BCUT2D eigenvalue weighted by atomic mass is 10.1. The van der Waals surface area contributed by atoms with Crippen LogP contribution < -0.4 is 10.1 Å². The maximum Gasteiger partial charge on any atom is 0.257 e. The molecule has 24 heavy (non-hydrogen) atoms. The molecular weight excluding hydrogens is 315 g/mol. The highest BCUT2D eigenvalue weighted by atomic mass is 19.1. The summed E-state index contributed by atoms with van der Waals surface area (Å²) in [6.07, 6.45) is 0.299. The molecule has 1 aromatic carbocycles. The molecule has 1 saturated heterocycles. The van der Waals surface area contributed by atoms with Gasteiger partial charge in [0, 0.05) is 12.5 Å². The Bertz CT molecular complexity index is 712. The average Bonchev–Trinajstić information content (AvgIpc) is 2.88. The molecule has 0 spiro atoms. The fraction of sp³-hybridized carbons (Fsp3) is 0.412. The van der Waals surface area contributed by atoms with Crippen molar-refractivity contribution in [3.05, 3.63) is 47.1 Å². The zero-order valence-corrected chi connectivity index (χ0v) is 13.5. The maximum absolute atomic E-state index is 13.3. The van der Waals surface area contributed by atoms with Gasteiger partial charge in [0.15, 0.2) is 0 Å². The Morgan fingerprint density at radius 2 is 2.25 bits per heavy atom. The van der Waals surface area contributed by atoms with Gasteiger partial charge in [-0.1, -0.05) is 11.2 Å². The number of aromatic nitrogens is 1. The Morgan fingerprint density at radius 1 is 1.42 bits per heavy atom. The first-order chi connectivity index (χ1) is 11.5. The number of ether oxygens (including phenoxy) is 2. The van der Waals surface area contributed by atoms with E-state index in [0.717, 1.165) is 0 Å². The third-order valence-corrected chi connectivity index (χ3v) is 3.95. The van der Waals surface area contributed by atoms with Crippen LogP contribution >= 0.6 is 0 Å². The van der Waals surface area contributed by atoms with Crippen LogP contribution in [-0.2, 0) is 4.74 Å². The zero-order valence-electron chi connectivity index (χ0n) is 13.5. The fourth-order valence-corrected chi connectivity index (χ4v) is 2.76. The van der Waals surface area contributed by atoms with Crippen molar-refractivity contribution in [1.82, 2.24) is 10.5 Å². The molecule has 3 rings (SSSR count). The molecule has 1 aliphatic rings. The molecule has 2 atom stereocenters. The summed E-state index contributed by atoms with van der Waals surface area (Å²) in [5, 5.41) is 6.69. The molecule has 0 radical (unpaired) electrons. The van der Waals surface area contributed by atoms with E-state index in [4.69, 9.17) is 14.0 Å². The first-order valence-corrected chi connectivity index (χ1v) is 7.78. The van der Waals surface area contributed by atoms with Crippen LogP contribution in [0.3, 0.4) is 0 Å². The third-order valence-electron chi connectivity index (χ3n) is 3.95. The first-order valence-electron chi connectivity index (χ1n) is 7.78. The van der Waals surface area contributed by atoms with Crippen molar-refractivity contribution in [3.8, 4) is 5.75 Å². The molecule has 6 nitrogen and oxygen atoms in total. The molecule has 1 aliphatic heterocycles. The summed E-state index contributed by atoms with van der Waals surface area (Å²) in [6, 6.07) is 5.60. The van der Waals surface area contributed by atoms with Gasteiger partial charge >= 0.3 is 0 Å². The number of hydrogen-bond acceptors (Lipinski definition) is 5. The van der Waals surface area contributed by atoms with Gasteiger partial charge in [0.2, 0.25) is 0 Å². The monoisotopic (exact) mass is 334 g/mol. The van der Waals surface area contributed by atoms with Gasteiger partial charge in [0.25, 0.3) is 5.91 Å². The van der Waals surface area contributed by atoms with Crippen molar-refractivity contribution >= 4 is 5.91 Å². The zero-order chi connectivity index (χ0) is 17.1. The van der Waals surface area contributed by atoms with Crippen molar-refractivity contribution in [3.63, 3.8) is 0 Å². The number of carbonyl (C=O) groups is 1. The van der Waals surface area contributed by atoms with Gasteiger partial charge < -0.3 is 19.3 Å². The minimum absolute atomic E-state index is 0.283. The van der Waals surface area contributed by atoms with E-state index in [-0.39, 0.29) is 23.9 Å². The van der Waals surface area contributed by atoms with Crippen molar-refractivity contribution in [2.75, 3.05) is 13.2 Å². The molecule has 0 saturated carbocycles. The molecule has 2 aromatic rings. The smallest absolute Gasteiger partial charge is 0.257 e. The standard InChI is InChI=1S/C17H19FN2O4/c1-10-16(11(2)24-20-10)17(21)19-14-9-22-7-6-15(14)23-13-5-3-4-12(18)8-13/h3-5,8,14-15H,6-7,9H2,1-2H3,(H,19,21). The number of amides is 1. The number of halogens is 1. The number of nitrogens with one attached hydrogen (secondary N) is 1. The van der Waals surface area contributed by atoms with Crippen LogP contribution in [0.5, 0.6) is 5.75 Å². The molecule has 1 N–H and O–H groups in total. The first kappa shape index (κ1) is 16.4. The lowest BCUT2D eigenvalue weighted by Gasteiger charge is -2.32. The SMILES string of the molecule is Cc1noc(C)c1C(=O)NC1COCCC1Oc1cccc(F)c1. The van der Waals surface area contributed by atoms with Crippen LogP contribution in [0.2, 0.25) is 0 Å². The Morgan fingerprint density at radius 3 is 2.96 bits per heavy atom. The summed E-state index contributed by atoms with van der Waals surface area (Å²) in [7, 11) is 0. The van der Waals surface area contributed by atoms with Gasteiger partial charge in [0.05, 0.1) is 24.9 Å². The summed E-state index contributed by atoms with van der Waals surface area (Å²) in [5.41, 5.74) is 0.953. The second kappa shape index (κ2) is 7.00. The van der Waals surface area contributed by atoms with Crippen molar-refractivity contribution < 1.29 is 23.2 Å². The number of hydrogen-bond donors (Lipinski definition) is 1. The summed E-state index contributed by atoms with van der Waals surface area (Å²) >= 11 is 0. The highest BCUT2D eigenvalue weighted by molar-refractivity contribution is 5.96. The molecule has 128 valence electrons. The van der Waals surface area contributed by atoms with E-state index in [1.165, 1.54) is 12.1 Å². The highest BCUT2D eigenvalue weighted by Crippen LogP contribution is 2.20. The number of nitrogens with zero attached hydrogens (tertiary/aromatic N) is 1. The minimum Gasteiger partial charge on any atom is -0.488 e. The number of carbonyl (C=O) groups excluding carboxylic acids is 1. The van der Waals surface area contributed by atoms with Crippen molar-refractivity contribution in [2.45, 2.75) is 32.4 Å². The summed E-state index contributed by atoms with van der Waals surface area (Å²) in [6.45, 7) is 4.25. The number of benzene rings is 1. The maximum atomic E-state index is 13.3. The van der Waals surface area contributed by atoms with E-state index in [0.29, 0.717) is 42.4 Å². The van der Waals surface area contributed by atoms with Gasteiger partial charge in [0.1, 0.15) is 29.0 Å². The normalized spacial score (nSPS) is 20.6. The molecule has 1 aromatic heterocycles. The lowest BCUT2D eigenvalue weighted by Crippen LogP contribution is -2.52. The van der Waals surface area contributed by atoms with Crippen LogP contribution in [0.4, 0.5) is 4.39 Å². The summed E-state index contributed by atoms with van der Waals surface area (Å²) in [5.74, 6) is 0.244. The van der Waals surface area contributed by atoms with Crippen molar-refractivity contribution in [1.29, 1.82) is 0 Å². The van der Waals surface area contributed by atoms with Gasteiger partial charge in [-0.3, -0.25) is 4.79 Å². The summed E-state index contributed by atoms with van der Waals surface area (Å²) in [4.78, 5) is 12.5. The predicted octanol–water partition coefficient (Wildman–Crippen LogP) is 2.40. The number of rotatable bonds is 4. The quantitative estimate of drug-likeness (QED) is 0.929. The van der Waals surface area contributed by atoms with Gasteiger partial charge in [-0.05, 0) is 26.0 Å². The molecular formula is C17H19FN2O4. The topological polar surface area (TPSA) is 73.6 Å². The van der Waals surface area contributed by atoms with E-state index in [1.807, 2.05) is 0 Å². The van der Waals surface area contributed by atoms with Crippen LogP contribution in [-0.4, -0.2) is 36.4 Å². The van der Waals surface area contributed by atoms with Gasteiger partial charge in [-0.25, -0.2) is 4.39 Å². The molecule has 7 heteroatoms. The number of aryl methyl sites for hydroxylation is 2. The van der Waals surface area contributed by atoms with E-state index in [2.05, 4.69) is 10.5 Å². The van der Waals surface area contributed by atoms with Crippen LogP contribution in [0.1, 0.15) is 28.2 Å². The third kappa shape index (κ3) is 3.56. The molecule has 1 amide bonds.